The van der Waals surface area contributed by atoms with Crippen LogP contribution in [0, 0.1) is 5.92 Å². The average Bonchev–Trinajstić information content (AvgIpc) is 2.65. The Morgan fingerprint density at radius 2 is 1.44 bits per heavy atom. The number of hydrogen-bond donors (Lipinski definition) is 1. The summed E-state index contributed by atoms with van der Waals surface area (Å²) in [5, 5.41) is 9.31. The van der Waals surface area contributed by atoms with Crippen LogP contribution in [0.3, 0.4) is 0 Å². The number of benzene rings is 2. The molecule has 1 N–H and O–H groups in total. The Morgan fingerprint density at radius 1 is 0.920 bits per heavy atom. The van der Waals surface area contributed by atoms with E-state index in [0.29, 0.717) is 6.42 Å². The first kappa shape index (κ1) is 18.7. The summed E-state index contributed by atoms with van der Waals surface area (Å²) >= 11 is 0. The van der Waals surface area contributed by atoms with Gasteiger partial charge >= 0.3 is 11.9 Å². The number of aliphatic carboxylic acids is 1. The van der Waals surface area contributed by atoms with Gasteiger partial charge in [-0.15, -0.1) is 0 Å². The van der Waals surface area contributed by atoms with Gasteiger partial charge in [0.25, 0.3) is 0 Å². The normalized spacial score (nSPS) is 11.9. The van der Waals surface area contributed by atoms with Crippen molar-refractivity contribution in [1.82, 2.24) is 0 Å². The van der Waals surface area contributed by atoms with Crippen LogP contribution < -0.4 is 0 Å². The molecule has 0 saturated heterocycles. The number of carbonyl (C=O) groups is 2. The van der Waals surface area contributed by atoms with Gasteiger partial charge in [-0.05, 0) is 24.0 Å². The molecule has 0 aliphatic rings. The molecule has 0 radical (unpaired) electrons. The lowest BCUT2D eigenvalue weighted by Gasteiger charge is -2.19. The second-order valence-corrected chi connectivity index (χ2v) is 6.12. The molecular weight excluding hydrogens is 316 g/mol. The fourth-order valence-electron chi connectivity index (χ4n) is 3.06. The predicted molar refractivity (Wildman–Crippen MR) is 96.3 cm³/mol. The third-order valence-electron chi connectivity index (χ3n) is 4.44. The molecule has 0 aromatic heterocycles. The highest BCUT2D eigenvalue weighted by Gasteiger charge is 2.22. The molecule has 0 fully saturated rings. The number of ether oxygens (including phenoxy) is 1. The Morgan fingerprint density at radius 3 is 1.88 bits per heavy atom. The van der Waals surface area contributed by atoms with E-state index in [-0.39, 0.29) is 12.3 Å². The maximum atomic E-state index is 11.4. The van der Waals surface area contributed by atoms with E-state index >= 15 is 0 Å². The van der Waals surface area contributed by atoms with Gasteiger partial charge in [0, 0.05) is 5.92 Å². The van der Waals surface area contributed by atoms with Gasteiger partial charge in [-0.3, -0.25) is 9.59 Å². The van der Waals surface area contributed by atoms with Crippen molar-refractivity contribution in [2.75, 3.05) is 7.11 Å². The maximum absolute atomic E-state index is 11.4. The van der Waals surface area contributed by atoms with Crippen LogP contribution in [-0.2, 0) is 14.3 Å². The zero-order chi connectivity index (χ0) is 18.1. The van der Waals surface area contributed by atoms with E-state index in [1.165, 1.54) is 18.2 Å². The van der Waals surface area contributed by atoms with Crippen LogP contribution in [0.1, 0.15) is 42.7 Å². The van der Waals surface area contributed by atoms with Gasteiger partial charge in [-0.1, -0.05) is 67.1 Å². The number of carbonyl (C=O) groups excluding carboxylic acids is 1. The summed E-state index contributed by atoms with van der Waals surface area (Å²) in [5.41, 5.74) is 2.43. The molecule has 1 atom stereocenters. The Kier molecular flexibility index (Phi) is 7.20. The fraction of sp³-hybridized carbons (Fsp3) is 0.333. The van der Waals surface area contributed by atoms with Crippen LogP contribution in [0.5, 0.6) is 0 Å². The zero-order valence-corrected chi connectivity index (χ0v) is 14.4. The van der Waals surface area contributed by atoms with Gasteiger partial charge in [0.05, 0.1) is 19.4 Å². The van der Waals surface area contributed by atoms with E-state index in [0.717, 1.165) is 12.8 Å². The van der Waals surface area contributed by atoms with Crippen LogP contribution >= 0.6 is 0 Å². The Labute approximate surface area is 148 Å². The van der Waals surface area contributed by atoms with Gasteiger partial charge in [-0.25, -0.2) is 0 Å². The molecular formula is C21H24O4. The van der Waals surface area contributed by atoms with Crippen molar-refractivity contribution in [3.63, 3.8) is 0 Å². The predicted octanol–water partition coefficient (Wildman–Crippen LogP) is 4.25. The monoisotopic (exact) mass is 340 g/mol. The van der Waals surface area contributed by atoms with Crippen molar-refractivity contribution in [1.29, 1.82) is 0 Å². The Balaban J connectivity index is 2.05. The smallest absolute Gasteiger partial charge is 0.307 e. The molecule has 0 aliphatic heterocycles. The quantitative estimate of drug-likeness (QED) is 0.693. The second-order valence-electron chi connectivity index (χ2n) is 6.12. The van der Waals surface area contributed by atoms with E-state index in [2.05, 4.69) is 29.0 Å². The Hall–Kier alpha value is -2.62. The molecule has 25 heavy (non-hydrogen) atoms. The van der Waals surface area contributed by atoms with Gasteiger partial charge < -0.3 is 9.84 Å². The van der Waals surface area contributed by atoms with Gasteiger partial charge in [0.2, 0.25) is 0 Å². The average molecular weight is 340 g/mol. The van der Waals surface area contributed by atoms with Crippen molar-refractivity contribution in [3.8, 4) is 0 Å². The highest BCUT2D eigenvalue weighted by molar-refractivity contribution is 5.78. The Bertz CT molecular complexity index is 627. The molecule has 0 spiro atoms. The van der Waals surface area contributed by atoms with Crippen LogP contribution in [0.4, 0.5) is 0 Å². The maximum Gasteiger partial charge on any atom is 0.307 e. The minimum Gasteiger partial charge on any atom is -0.481 e. The van der Waals surface area contributed by atoms with Crippen LogP contribution in [-0.4, -0.2) is 24.2 Å². The van der Waals surface area contributed by atoms with E-state index in [1.54, 1.807) is 0 Å². The van der Waals surface area contributed by atoms with Crippen molar-refractivity contribution >= 4 is 11.9 Å². The first-order chi connectivity index (χ1) is 12.1. The molecule has 0 saturated carbocycles. The number of esters is 1. The number of carboxylic acid groups (broad SMARTS) is 1. The molecule has 4 nitrogen and oxygen atoms in total. The first-order valence-electron chi connectivity index (χ1n) is 8.51. The van der Waals surface area contributed by atoms with E-state index in [4.69, 9.17) is 0 Å². The minimum absolute atomic E-state index is 0.0762. The summed E-state index contributed by atoms with van der Waals surface area (Å²) in [7, 11) is 1.28. The fourth-order valence-corrected chi connectivity index (χ4v) is 3.06. The lowest BCUT2D eigenvalue weighted by molar-refractivity contribution is -0.150. The number of hydrogen-bond acceptors (Lipinski definition) is 3. The summed E-state index contributed by atoms with van der Waals surface area (Å²) in [6.07, 6.45) is 1.94. The van der Waals surface area contributed by atoms with E-state index in [9.17, 15) is 14.7 Å². The molecule has 2 aromatic rings. The summed E-state index contributed by atoms with van der Waals surface area (Å²) in [5.74, 6) is -1.90. The molecule has 2 rings (SSSR count). The minimum atomic E-state index is -0.943. The third-order valence-corrected chi connectivity index (χ3v) is 4.44. The van der Waals surface area contributed by atoms with Crippen molar-refractivity contribution in [2.45, 2.75) is 31.6 Å². The number of rotatable bonds is 9. The lowest BCUT2D eigenvalue weighted by atomic mass is 9.85. The van der Waals surface area contributed by atoms with Crippen molar-refractivity contribution in [3.05, 3.63) is 71.8 Å². The van der Waals surface area contributed by atoms with Gasteiger partial charge in [-0.2, -0.15) is 0 Å². The van der Waals surface area contributed by atoms with Crippen LogP contribution in [0.15, 0.2) is 60.7 Å². The standard InChI is InChI=1S/C21H24O4/c1-25-20(22)15-18(21(23)24)13-8-14-19(16-9-4-2-5-10-16)17-11-6-3-7-12-17/h2-7,9-12,18-19H,8,13-15H2,1H3,(H,23,24)/t18-/m1/s1. The lowest BCUT2D eigenvalue weighted by Crippen LogP contribution is -2.19. The molecule has 0 heterocycles. The molecule has 4 heteroatoms. The molecule has 2 aromatic carbocycles. The summed E-state index contributed by atoms with van der Waals surface area (Å²) in [6.45, 7) is 0. The second kappa shape index (κ2) is 9.62. The van der Waals surface area contributed by atoms with E-state index < -0.39 is 17.9 Å². The number of carboxylic acids is 1. The van der Waals surface area contributed by atoms with Crippen molar-refractivity contribution < 1.29 is 19.4 Å². The first-order valence-corrected chi connectivity index (χ1v) is 8.51. The topological polar surface area (TPSA) is 63.6 Å². The summed E-state index contributed by atoms with van der Waals surface area (Å²) in [4.78, 5) is 22.7. The van der Waals surface area contributed by atoms with Crippen LogP contribution in [0.2, 0.25) is 0 Å². The molecule has 0 unspecified atom stereocenters. The molecule has 132 valence electrons. The van der Waals surface area contributed by atoms with E-state index in [1.807, 2.05) is 36.4 Å². The molecule has 0 aliphatic carbocycles. The summed E-state index contributed by atoms with van der Waals surface area (Å²) in [6, 6.07) is 20.4. The molecule has 0 amide bonds. The van der Waals surface area contributed by atoms with Gasteiger partial charge in [0.1, 0.15) is 0 Å². The van der Waals surface area contributed by atoms with Crippen LogP contribution in [0.25, 0.3) is 0 Å². The highest BCUT2D eigenvalue weighted by Crippen LogP contribution is 2.30. The zero-order valence-electron chi connectivity index (χ0n) is 14.4. The largest absolute Gasteiger partial charge is 0.481 e. The third kappa shape index (κ3) is 5.75. The molecule has 0 bridgehead atoms. The highest BCUT2D eigenvalue weighted by atomic mass is 16.5. The number of methoxy groups -OCH3 is 1. The SMILES string of the molecule is COC(=O)C[C@@H](CCCC(c1ccccc1)c1ccccc1)C(=O)O. The van der Waals surface area contributed by atoms with Gasteiger partial charge in [0.15, 0.2) is 0 Å². The summed E-state index contributed by atoms with van der Waals surface area (Å²) < 4.78 is 4.59. The van der Waals surface area contributed by atoms with Crippen molar-refractivity contribution in [2.24, 2.45) is 5.92 Å².